The third-order valence-electron chi connectivity index (χ3n) is 4.06. The van der Waals surface area contributed by atoms with Crippen LogP contribution in [0, 0.1) is 0 Å². The molecule has 3 rings (SSSR count). The minimum absolute atomic E-state index is 0.0124. The minimum Gasteiger partial charge on any atom is -0.494 e. The van der Waals surface area contributed by atoms with Crippen LogP contribution in [0.5, 0.6) is 5.75 Å². The average Bonchev–Trinajstić information content (AvgIpc) is 2.99. The molecule has 1 aliphatic heterocycles. The Morgan fingerprint density at radius 1 is 1.43 bits per heavy atom. The summed E-state index contributed by atoms with van der Waals surface area (Å²) >= 11 is 0. The summed E-state index contributed by atoms with van der Waals surface area (Å²) < 4.78 is 16.3. The highest BCUT2D eigenvalue weighted by molar-refractivity contribution is 5.98. The van der Waals surface area contributed by atoms with Gasteiger partial charge in [-0.25, -0.2) is 0 Å². The Bertz CT molecular complexity index is 682. The molecule has 0 saturated carbocycles. The molecular formula is C17H22N2O4. The highest BCUT2D eigenvalue weighted by Crippen LogP contribution is 2.22. The van der Waals surface area contributed by atoms with Crippen LogP contribution in [0.3, 0.4) is 0 Å². The lowest BCUT2D eigenvalue weighted by molar-refractivity contribution is -0.0349. The number of benzene rings is 1. The van der Waals surface area contributed by atoms with Gasteiger partial charge >= 0.3 is 0 Å². The fourth-order valence-electron chi connectivity index (χ4n) is 2.87. The summed E-state index contributed by atoms with van der Waals surface area (Å²) in [6, 6.07) is 7.45. The van der Waals surface area contributed by atoms with Crippen molar-refractivity contribution in [3.05, 3.63) is 30.0 Å². The first-order valence-electron chi connectivity index (χ1n) is 7.88. The predicted molar refractivity (Wildman–Crippen MR) is 87.0 cm³/mol. The van der Waals surface area contributed by atoms with E-state index in [1.54, 1.807) is 7.11 Å². The van der Waals surface area contributed by atoms with Crippen molar-refractivity contribution in [3.63, 3.8) is 0 Å². The molecule has 0 bridgehead atoms. The number of aromatic nitrogens is 1. The largest absolute Gasteiger partial charge is 0.494 e. The molecule has 6 nitrogen and oxygen atoms in total. The normalized spacial score (nSPS) is 21.3. The van der Waals surface area contributed by atoms with Gasteiger partial charge in [0.1, 0.15) is 11.4 Å². The van der Waals surface area contributed by atoms with Gasteiger partial charge in [-0.3, -0.25) is 4.79 Å². The molecular weight excluding hydrogens is 296 g/mol. The summed E-state index contributed by atoms with van der Waals surface area (Å²) in [7, 11) is 1.66. The third kappa shape index (κ3) is 3.48. The summed E-state index contributed by atoms with van der Waals surface area (Å²) in [5.74, 6) is 0.630. The number of hydrogen-bond acceptors (Lipinski definition) is 4. The standard InChI is InChI=1S/C17H22N2O4/c1-3-23-12-5-4-11-8-14(18-13(11)9-12)17(20)19-15-10-22-7-6-16(15)21-2/h4-5,8-9,15-16,18H,3,6-7,10H2,1-2H3,(H,19,20)/t15-,16-/m1/s1. The lowest BCUT2D eigenvalue weighted by Gasteiger charge is -2.30. The van der Waals surface area contributed by atoms with E-state index in [1.807, 2.05) is 31.2 Å². The highest BCUT2D eigenvalue weighted by atomic mass is 16.5. The van der Waals surface area contributed by atoms with Crippen LogP contribution in [-0.2, 0) is 9.47 Å². The fraction of sp³-hybridized carbons (Fsp3) is 0.471. The van der Waals surface area contributed by atoms with E-state index in [0.717, 1.165) is 23.1 Å². The van der Waals surface area contributed by atoms with Gasteiger partial charge in [0, 0.05) is 30.7 Å². The average molecular weight is 318 g/mol. The van der Waals surface area contributed by atoms with E-state index in [9.17, 15) is 4.79 Å². The van der Waals surface area contributed by atoms with E-state index in [2.05, 4.69) is 10.3 Å². The second-order valence-electron chi connectivity index (χ2n) is 5.58. The number of amides is 1. The summed E-state index contributed by atoms with van der Waals surface area (Å²) in [6.07, 6.45) is 0.771. The quantitative estimate of drug-likeness (QED) is 0.885. The van der Waals surface area contributed by atoms with Gasteiger partial charge in [-0.1, -0.05) is 0 Å². The molecule has 2 heterocycles. The monoisotopic (exact) mass is 318 g/mol. The molecule has 124 valence electrons. The maximum absolute atomic E-state index is 12.5. The Morgan fingerprint density at radius 2 is 2.30 bits per heavy atom. The first-order valence-corrected chi connectivity index (χ1v) is 7.88. The Morgan fingerprint density at radius 3 is 3.09 bits per heavy atom. The van der Waals surface area contributed by atoms with Crippen LogP contribution in [0.15, 0.2) is 24.3 Å². The zero-order valence-corrected chi connectivity index (χ0v) is 13.4. The van der Waals surface area contributed by atoms with Crippen molar-refractivity contribution in [2.45, 2.75) is 25.5 Å². The molecule has 2 N–H and O–H groups in total. The number of methoxy groups -OCH3 is 1. The predicted octanol–water partition coefficient (Wildman–Crippen LogP) is 2.10. The van der Waals surface area contributed by atoms with Crippen LogP contribution in [0.2, 0.25) is 0 Å². The molecule has 1 saturated heterocycles. The Kier molecular flexibility index (Phi) is 4.83. The number of ether oxygens (including phenoxy) is 3. The molecule has 1 aromatic heterocycles. The van der Waals surface area contributed by atoms with Gasteiger partial charge in [0.2, 0.25) is 0 Å². The molecule has 23 heavy (non-hydrogen) atoms. The number of carbonyl (C=O) groups is 1. The molecule has 0 spiro atoms. The van der Waals surface area contributed by atoms with Crippen molar-refractivity contribution >= 4 is 16.8 Å². The van der Waals surface area contributed by atoms with Crippen LogP contribution in [-0.4, -0.2) is 50.0 Å². The smallest absolute Gasteiger partial charge is 0.268 e. The maximum atomic E-state index is 12.5. The zero-order chi connectivity index (χ0) is 16.2. The first kappa shape index (κ1) is 15.8. The number of aromatic amines is 1. The topological polar surface area (TPSA) is 72.6 Å². The van der Waals surface area contributed by atoms with E-state index < -0.39 is 0 Å². The molecule has 2 atom stereocenters. The number of rotatable bonds is 5. The van der Waals surface area contributed by atoms with Gasteiger partial charge in [0.25, 0.3) is 5.91 Å². The second kappa shape index (κ2) is 7.02. The van der Waals surface area contributed by atoms with Crippen molar-refractivity contribution in [2.24, 2.45) is 0 Å². The van der Waals surface area contributed by atoms with E-state index in [-0.39, 0.29) is 18.1 Å². The van der Waals surface area contributed by atoms with Crippen molar-refractivity contribution < 1.29 is 19.0 Å². The molecule has 2 aromatic rings. The van der Waals surface area contributed by atoms with Gasteiger partial charge in [0.15, 0.2) is 0 Å². The van der Waals surface area contributed by atoms with Gasteiger partial charge in [-0.05, 0) is 31.5 Å². The van der Waals surface area contributed by atoms with Gasteiger partial charge in [-0.2, -0.15) is 0 Å². The summed E-state index contributed by atoms with van der Waals surface area (Å²) in [6.45, 7) is 3.69. The molecule has 1 fully saturated rings. The molecule has 0 unspecified atom stereocenters. The van der Waals surface area contributed by atoms with Gasteiger partial charge < -0.3 is 24.5 Å². The van der Waals surface area contributed by atoms with Crippen molar-refractivity contribution in [1.29, 1.82) is 0 Å². The lowest BCUT2D eigenvalue weighted by Crippen LogP contribution is -2.50. The lowest BCUT2D eigenvalue weighted by atomic mass is 10.1. The highest BCUT2D eigenvalue weighted by Gasteiger charge is 2.27. The van der Waals surface area contributed by atoms with Crippen LogP contribution >= 0.6 is 0 Å². The minimum atomic E-state index is -0.156. The van der Waals surface area contributed by atoms with Crippen LogP contribution in [0.25, 0.3) is 10.9 Å². The molecule has 6 heteroatoms. The van der Waals surface area contributed by atoms with Crippen LogP contribution < -0.4 is 10.1 Å². The van der Waals surface area contributed by atoms with Crippen LogP contribution in [0.1, 0.15) is 23.8 Å². The first-order chi connectivity index (χ1) is 11.2. The maximum Gasteiger partial charge on any atom is 0.268 e. The van der Waals surface area contributed by atoms with Gasteiger partial charge in [0.05, 0.1) is 25.4 Å². The summed E-state index contributed by atoms with van der Waals surface area (Å²) in [5.41, 5.74) is 1.40. The third-order valence-corrected chi connectivity index (χ3v) is 4.06. The molecule has 1 amide bonds. The number of nitrogens with one attached hydrogen (secondary N) is 2. The van der Waals surface area contributed by atoms with Gasteiger partial charge in [-0.15, -0.1) is 0 Å². The number of hydrogen-bond donors (Lipinski definition) is 2. The Hall–Kier alpha value is -2.05. The number of H-pyrrole nitrogens is 1. The number of fused-ring (bicyclic) bond motifs is 1. The second-order valence-corrected chi connectivity index (χ2v) is 5.58. The molecule has 1 aromatic carbocycles. The Labute approximate surface area is 135 Å². The zero-order valence-electron chi connectivity index (χ0n) is 13.4. The van der Waals surface area contributed by atoms with Crippen molar-refractivity contribution in [3.8, 4) is 5.75 Å². The SMILES string of the molecule is CCOc1ccc2cc(C(=O)N[C@@H]3COCC[C@H]3OC)[nH]c2c1. The summed E-state index contributed by atoms with van der Waals surface area (Å²) in [4.78, 5) is 15.6. The summed E-state index contributed by atoms with van der Waals surface area (Å²) in [5, 5.41) is 3.96. The molecule has 1 aliphatic rings. The van der Waals surface area contributed by atoms with E-state index in [0.29, 0.717) is 25.5 Å². The fourth-order valence-corrected chi connectivity index (χ4v) is 2.87. The Balaban J connectivity index is 1.75. The van der Waals surface area contributed by atoms with E-state index >= 15 is 0 Å². The van der Waals surface area contributed by atoms with Crippen molar-refractivity contribution in [2.75, 3.05) is 26.9 Å². The van der Waals surface area contributed by atoms with E-state index in [1.165, 1.54) is 0 Å². The molecule has 0 radical (unpaired) electrons. The molecule has 0 aliphatic carbocycles. The van der Waals surface area contributed by atoms with Crippen molar-refractivity contribution in [1.82, 2.24) is 10.3 Å². The van der Waals surface area contributed by atoms with Crippen LogP contribution in [0.4, 0.5) is 0 Å². The number of carbonyl (C=O) groups excluding carboxylic acids is 1. The van der Waals surface area contributed by atoms with E-state index in [4.69, 9.17) is 14.2 Å².